The monoisotopic (exact) mass is 464 g/mol. The number of carbonyl (C=O) groups excluding carboxylic acids is 2. The summed E-state index contributed by atoms with van der Waals surface area (Å²) in [5.41, 5.74) is 4.60. The highest BCUT2D eigenvalue weighted by molar-refractivity contribution is 5.85. The maximum absolute atomic E-state index is 12.9. The van der Waals surface area contributed by atoms with E-state index in [1.807, 2.05) is 31.2 Å². The number of ether oxygens (including phenoxy) is 1. The molecule has 1 saturated carbocycles. The smallest absolute Gasteiger partial charge is 0.407 e. The number of alkyl carbamates (subject to hydrolysis) is 1. The quantitative estimate of drug-likeness (QED) is 0.486. The molecule has 0 saturated heterocycles. The van der Waals surface area contributed by atoms with Crippen LogP contribution in [0.3, 0.4) is 0 Å². The maximum atomic E-state index is 12.9. The predicted molar refractivity (Wildman–Crippen MR) is 128 cm³/mol. The summed E-state index contributed by atoms with van der Waals surface area (Å²) in [7, 11) is 0. The van der Waals surface area contributed by atoms with Gasteiger partial charge in [0.25, 0.3) is 0 Å². The Kier molecular flexibility index (Phi) is 7.50. The normalized spacial score (nSPS) is 16.5. The fraction of sp³-hybridized carbons (Fsp3) is 0.444. The summed E-state index contributed by atoms with van der Waals surface area (Å²) in [5.74, 6) is -1.70. The third-order valence-corrected chi connectivity index (χ3v) is 7.06. The Balaban J connectivity index is 1.35. The van der Waals surface area contributed by atoms with Crippen LogP contribution in [0.5, 0.6) is 0 Å². The molecule has 2 aromatic carbocycles. The van der Waals surface area contributed by atoms with Crippen LogP contribution < -0.4 is 10.6 Å². The molecule has 34 heavy (non-hydrogen) atoms. The van der Waals surface area contributed by atoms with Crippen molar-refractivity contribution in [1.82, 2.24) is 10.6 Å². The highest BCUT2D eigenvalue weighted by atomic mass is 16.5. The number of hydrogen-bond donors (Lipinski definition) is 3. The molecule has 0 aliphatic heterocycles. The summed E-state index contributed by atoms with van der Waals surface area (Å²) in [6.45, 7) is 2.22. The molecule has 4 rings (SSSR count). The van der Waals surface area contributed by atoms with E-state index < -0.39 is 24.0 Å². The SMILES string of the molecule is CCCC(NC(=O)C(CNC(=O)OCC1c2ccccc2-c2ccccc21)C1CCC1)C(=O)O. The molecule has 0 bridgehead atoms. The lowest BCUT2D eigenvalue weighted by molar-refractivity contribution is -0.143. The van der Waals surface area contributed by atoms with Crippen LogP contribution in [-0.4, -0.2) is 42.3 Å². The van der Waals surface area contributed by atoms with Gasteiger partial charge in [0.15, 0.2) is 0 Å². The van der Waals surface area contributed by atoms with E-state index in [1.54, 1.807) is 0 Å². The van der Waals surface area contributed by atoms with Crippen LogP contribution in [0.15, 0.2) is 48.5 Å². The fourth-order valence-corrected chi connectivity index (χ4v) is 4.98. The molecule has 0 spiro atoms. The first-order valence-electron chi connectivity index (χ1n) is 12.1. The van der Waals surface area contributed by atoms with Gasteiger partial charge in [-0.05, 0) is 47.4 Å². The molecular weight excluding hydrogens is 432 g/mol. The molecule has 2 amide bonds. The van der Waals surface area contributed by atoms with E-state index in [0.29, 0.717) is 12.8 Å². The van der Waals surface area contributed by atoms with Gasteiger partial charge in [0.2, 0.25) is 5.91 Å². The fourth-order valence-electron chi connectivity index (χ4n) is 4.98. The van der Waals surface area contributed by atoms with Crippen molar-refractivity contribution in [1.29, 1.82) is 0 Å². The predicted octanol–water partition coefficient (Wildman–Crippen LogP) is 4.31. The average molecular weight is 465 g/mol. The van der Waals surface area contributed by atoms with Crippen molar-refractivity contribution in [2.24, 2.45) is 11.8 Å². The zero-order chi connectivity index (χ0) is 24.1. The van der Waals surface area contributed by atoms with Crippen molar-refractivity contribution in [3.8, 4) is 11.1 Å². The largest absolute Gasteiger partial charge is 0.480 e. The number of carboxylic acid groups (broad SMARTS) is 1. The molecule has 0 aromatic heterocycles. The van der Waals surface area contributed by atoms with E-state index in [0.717, 1.165) is 41.5 Å². The summed E-state index contributed by atoms with van der Waals surface area (Å²) in [5, 5.41) is 14.8. The second-order valence-corrected chi connectivity index (χ2v) is 9.19. The van der Waals surface area contributed by atoms with Gasteiger partial charge in [-0.3, -0.25) is 4.79 Å². The first kappa shape index (κ1) is 23.8. The van der Waals surface area contributed by atoms with Crippen LogP contribution in [0, 0.1) is 11.8 Å². The lowest BCUT2D eigenvalue weighted by atomic mass is 9.75. The second kappa shape index (κ2) is 10.7. The van der Waals surface area contributed by atoms with Gasteiger partial charge in [-0.15, -0.1) is 0 Å². The zero-order valence-corrected chi connectivity index (χ0v) is 19.5. The Bertz CT molecular complexity index is 1000. The van der Waals surface area contributed by atoms with Gasteiger partial charge in [0.1, 0.15) is 12.6 Å². The molecule has 180 valence electrons. The Morgan fingerprint density at radius 2 is 1.65 bits per heavy atom. The third-order valence-electron chi connectivity index (χ3n) is 7.06. The van der Waals surface area contributed by atoms with Gasteiger partial charge in [-0.25, -0.2) is 9.59 Å². The highest BCUT2D eigenvalue weighted by Crippen LogP contribution is 2.44. The highest BCUT2D eigenvalue weighted by Gasteiger charge is 2.35. The van der Waals surface area contributed by atoms with Gasteiger partial charge in [0.05, 0.1) is 5.92 Å². The number of amides is 2. The van der Waals surface area contributed by atoms with E-state index in [4.69, 9.17) is 4.74 Å². The van der Waals surface area contributed by atoms with Crippen molar-refractivity contribution in [3.05, 3.63) is 59.7 Å². The number of carboxylic acids is 1. The standard InChI is InChI=1S/C27H32N2O5/c1-2-8-24(26(31)32)29-25(30)22(17-9-7-10-17)15-28-27(33)34-16-23-20-13-5-3-11-18(20)19-12-4-6-14-21(19)23/h3-6,11-14,17,22-24H,2,7-10,15-16H2,1H3,(H,28,33)(H,29,30)(H,31,32). The van der Waals surface area contributed by atoms with Crippen LogP contribution in [0.25, 0.3) is 11.1 Å². The van der Waals surface area contributed by atoms with Crippen LogP contribution in [-0.2, 0) is 14.3 Å². The number of benzene rings is 2. The number of aliphatic carboxylic acids is 1. The number of hydrogen-bond acceptors (Lipinski definition) is 4. The Morgan fingerprint density at radius 1 is 1.03 bits per heavy atom. The Morgan fingerprint density at radius 3 is 2.18 bits per heavy atom. The van der Waals surface area contributed by atoms with Crippen LogP contribution in [0.4, 0.5) is 4.79 Å². The Labute approximate surface area is 199 Å². The van der Waals surface area contributed by atoms with Gasteiger partial charge in [-0.2, -0.15) is 0 Å². The van der Waals surface area contributed by atoms with E-state index in [9.17, 15) is 19.5 Å². The van der Waals surface area contributed by atoms with Gasteiger partial charge in [0, 0.05) is 12.5 Å². The molecular formula is C27H32N2O5. The van der Waals surface area contributed by atoms with Crippen molar-refractivity contribution in [2.45, 2.75) is 51.0 Å². The minimum Gasteiger partial charge on any atom is -0.480 e. The van der Waals surface area contributed by atoms with Gasteiger partial charge >= 0.3 is 12.1 Å². The lowest BCUT2D eigenvalue weighted by Gasteiger charge is -2.33. The maximum Gasteiger partial charge on any atom is 0.407 e. The topological polar surface area (TPSA) is 105 Å². The van der Waals surface area contributed by atoms with Crippen LogP contribution >= 0.6 is 0 Å². The van der Waals surface area contributed by atoms with Crippen LogP contribution in [0.1, 0.15) is 56.1 Å². The molecule has 3 N–H and O–H groups in total. The first-order chi connectivity index (χ1) is 16.5. The molecule has 1 fully saturated rings. The van der Waals surface area contributed by atoms with Gasteiger partial charge in [-0.1, -0.05) is 68.3 Å². The number of rotatable bonds is 10. The van der Waals surface area contributed by atoms with Crippen molar-refractivity contribution < 1.29 is 24.2 Å². The average Bonchev–Trinajstić information content (AvgIpc) is 3.12. The van der Waals surface area contributed by atoms with Gasteiger partial charge < -0.3 is 20.5 Å². The van der Waals surface area contributed by atoms with E-state index in [1.165, 1.54) is 0 Å². The van der Waals surface area contributed by atoms with Crippen LogP contribution in [0.2, 0.25) is 0 Å². The second-order valence-electron chi connectivity index (χ2n) is 9.19. The van der Waals surface area contributed by atoms with Crippen molar-refractivity contribution in [3.63, 3.8) is 0 Å². The minimum atomic E-state index is -1.04. The molecule has 0 heterocycles. The van der Waals surface area contributed by atoms with Crippen molar-refractivity contribution in [2.75, 3.05) is 13.2 Å². The lowest BCUT2D eigenvalue weighted by Crippen LogP contribution is -2.49. The summed E-state index contributed by atoms with van der Waals surface area (Å²) >= 11 is 0. The number of fused-ring (bicyclic) bond motifs is 3. The molecule has 2 aliphatic rings. The van der Waals surface area contributed by atoms with Crippen molar-refractivity contribution >= 4 is 18.0 Å². The summed E-state index contributed by atoms with van der Waals surface area (Å²) in [6.07, 6.45) is 3.30. The molecule has 7 nitrogen and oxygen atoms in total. The summed E-state index contributed by atoms with van der Waals surface area (Å²) in [6, 6.07) is 15.4. The number of nitrogens with one attached hydrogen (secondary N) is 2. The van der Waals surface area contributed by atoms with E-state index >= 15 is 0 Å². The zero-order valence-electron chi connectivity index (χ0n) is 19.5. The molecule has 2 aromatic rings. The number of carbonyl (C=O) groups is 3. The molecule has 2 unspecified atom stereocenters. The van der Waals surface area contributed by atoms with E-state index in [2.05, 4.69) is 34.9 Å². The third kappa shape index (κ3) is 5.08. The Hall–Kier alpha value is -3.35. The summed E-state index contributed by atoms with van der Waals surface area (Å²) < 4.78 is 5.58. The molecule has 2 aliphatic carbocycles. The molecule has 7 heteroatoms. The molecule has 0 radical (unpaired) electrons. The first-order valence-corrected chi connectivity index (χ1v) is 12.1. The van der Waals surface area contributed by atoms with E-state index in [-0.39, 0.29) is 30.9 Å². The molecule has 2 atom stereocenters. The summed E-state index contributed by atoms with van der Waals surface area (Å²) in [4.78, 5) is 36.9. The minimum absolute atomic E-state index is 0.0331.